The van der Waals surface area contributed by atoms with Crippen LogP contribution in [-0.2, 0) is 28.5 Å². The Balaban J connectivity index is 1.67. The molecule has 0 fully saturated rings. The minimum Gasteiger partial charge on any atom is -0.480 e. The van der Waals surface area contributed by atoms with Gasteiger partial charge < -0.3 is 29.8 Å². The number of carbonyl (C=O) groups is 3. The van der Waals surface area contributed by atoms with E-state index in [1.165, 1.54) is 0 Å². The summed E-state index contributed by atoms with van der Waals surface area (Å²) in [5.74, 6) is -2.17. The molecule has 0 heterocycles. The molecule has 0 saturated carbocycles. The van der Waals surface area contributed by atoms with Gasteiger partial charge in [0.2, 0.25) is 5.91 Å². The van der Waals surface area contributed by atoms with E-state index in [2.05, 4.69) is 0 Å². The molecule has 10 nitrogen and oxygen atoms in total. The molecule has 0 aromatic heterocycles. The first-order chi connectivity index (χ1) is 19.0. The van der Waals surface area contributed by atoms with Gasteiger partial charge in [0.05, 0.1) is 39.5 Å². The smallest absolute Gasteiger partial charge is 0.417 e. The lowest BCUT2D eigenvalue weighted by Gasteiger charge is -2.27. The van der Waals surface area contributed by atoms with E-state index in [0.717, 1.165) is 27.2 Å². The van der Waals surface area contributed by atoms with Crippen molar-refractivity contribution in [3.8, 4) is 11.1 Å². The summed E-state index contributed by atoms with van der Waals surface area (Å²) in [4.78, 5) is 39.3. The summed E-state index contributed by atoms with van der Waals surface area (Å²) in [6.45, 7) is 1.83. The van der Waals surface area contributed by atoms with E-state index in [-0.39, 0.29) is 38.6 Å². The third-order valence-electron chi connectivity index (χ3n) is 6.59. The van der Waals surface area contributed by atoms with Gasteiger partial charge in [0.15, 0.2) is 0 Å². The Morgan fingerprint density at radius 1 is 0.897 bits per heavy atom. The lowest BCUT2D eigenvalue weighted by molar-refractivity contribution is -0.149. The molecule has 39 heavy (non-hydrogen) atoms. The van der Waals surface area contributed by atoms with E-state index in [1.54, 1.807) is 7.11 Å². The molecule has 212 valence electrons. The zero-order valence-corrected chi connectivity index (χ0v) is 22.4. The molecule has 0 spiro atoms. The predicted octanol–water partition coefficient (Wildman–Crippen LogP) is 3.42. The third kappa shape index (κ3) is 8.34. The number of benzene rings is 2. The highest BCUT2D eigenvalue weighted by atomic mass is 16.6. The molecule has 3 N–H and O–H groups in total. The van der Waals surface area contributed by atoms with Gasteiger partial charge in [0.1, 0.15) is 12.6 Å². The van der Waals surface area contributed by atoms with Crippen molar-refractivity contribution in [2.45, 2.75) is 37.6 Å². The van der Waals surface area contributed by atoms with Crippen LogP contribution in [0.3, 0.4) is 0 Å². The fourth-order valence-electron chi connectivity index (χ4n) is 4.66. The molecule has 1 aliphatic carbocycles. The highest BCUT2D eigenvalue weighted by molar-refractivity contribution is 5.96. The van der Waals surface area contributed by atoms with Crippen molar-refractivity contribution in [1.29, 1.82) is 0 Å². The number of carboxylic acid groups (broad SMARTS) is 1. The maximum atomic E-state index is 13.3. The summed E-state index contributed by atoms with van der Waals surface area (Å²) in [6.07, 6.45) is -0.0594. The van der Waals surface area contributed by atoms with Crippen LogP contribution in [0.1, 0.15) is 42.7 Å². The number of aliphatic carboxylic acids is 1. The molecule has 0 radical (unpaired) electrons. The lowest BCUT2D eigenvalue weighted by atomic mass is 9.98. The second-order valence-corrected chi connectivity index (χ2v) is 9.17. The van der Waals surface area contributed by atoms with Gasteiger partial charge in [-0.3, -0.25) is 4.79 Å². The van der Waals surface area contributed by atoms with Gasteiger partial charge >= 0.3 is 12.1 Å². The normalized spacial score (nSPS) is 13.0. The van der Waals surface area contributed by atoms with Crippen molar-refractivity contribution >= 4 is 18.0 Å². The fraction of sp³-hybridized carbons (Fsp3) is 0.483. The topological polar surface area (TPSA) is 138 Å². The van der Waals surface area contributed by atoms with Crippen molar-refractivity contribution < 1.29 is 38.4 Å². The lowest BCUT2D eigenvalue weighted by Crippen LogP contribution is -2.49. The minimum atomic E-state index is -1.36. The van der Waals surface area contributed by atoms with Crippen LogP contribution in [0.5, 0.6) is 0 Å². The van der Waals surface area contributed by atoms with E-state index in [4.69, 9.17) is 24.7 Å². The van der Waals surface area contributed by atoms with E-state index in [0.29, 0.717) is 39.2 Å². The number of rotatable bonds is 17. The maximum Gasteiger partial charge on any atom is 0.417 e. The Morgan fingerprint density at radius 2 is 1.49 bits per heavy atom. The maximum absolute atomic E-state index is 13.3. The number of carbonyl (C=O) groups excluding carboxylic acids is 2. The van der Waals surface area contributed by atoms with Crippen LogP contribution in [-0.4, -0.2) is 87.3 Å². The minimum absolute atomic E-state index is 0.00870. The van der Waals surface area contributed by atoms with Crippen LogP contribution in [0, 0.1) is 0 Å². The van der Waals surface area contributed by atoms with E-state index >= 15 is 0 Å². The fourth-order valence-corrected chi connectivity index (χ4v) is 4.66. The summed E-state index contributed by atoms with van der Waals surface area (Å²) >= 11 is 0. The van der Waals surface area contributed by atoms with Crippen LogP contribution >= 0.6 is 0 Å². The van der Waals surface area contributed by atoms with Crippen molar-refractivity contribution in [2.24, 2.45) is 5.73 Å². The Hall–Kier alpha value is -3.31. The Bertz CT molecular complexity index is 1050. The highest BCUT2D eigenvalue weighted by Crippen LogP contribution is 2.44. The third-order valence-corrected chi connectivity index (χ3v) is 6.59. The molecule has 2 aromatic rings. The molecule has 10 heteroatoms. The second kappa shape index (κ2) is 15.9. The first-order valence-electron chi connectivity index (χ1n) is 13.2. The van der Waals surface area contributed by atoms with Crippen LogP contribution < -0.4 is 5.73 Å². The monoisotopic (exact) mass is 542 g/mol. The number of fused-ring (bicyclic) bond motifs is 3. The molecule has 3 rings (SSSR count). The molecule has 1 atom stereocenters. The second-order valence-electron chi connectivity index (χ2n) is 9.17. The highest BCUT2D eigenvalue weighted by Gasteiger charge is 2.37. The molecule has 0 aliphatic heterocycles. The molecular formula is C29H38N2O8. The van der Waals surface area contributed by atoms with Crippen LogP contribution in [0.4, 0.5) is 4.79 Å². The summed E-state index contributed by atoms with van der Waals surface area (Å²) in [6, 6.07) is 14.4. The molecule has 2 aromatic carbocycles. The summed E-state index contributed by atoms with van der Waals surface area (Å²) < 4.78 is 21.3. The molecule has 0 unspecified atom stereocenters. The van der Waals surface area contributed by atoms with Crippen LogP contribution in [0.2, 0.25) is 0 Å². The van der Waals surface area contributed by atoms with Gasteiger partial charge in [0, 0.05) is 13.0 Å². The summed E-state index contributed by atoms with van der Waals surface area (Å²) in [5, 5.41) is 9.90. The zero-order valence-electron chi connectivity index (χ0n) is 22.4. The van der Waals surface area contributed by atoms with Gasteiger partial charge in [-0.1, -0.05) is 48.5 Å². The number of amides is 2. The zero-order chi connectivity index (χ0) is 28.0. The molecule has 0 saturated heterocycles. The van der Waals surface area contributed by atoms with E-state index in [9.17, 15) is 19.5 Å². The van der Waals surface area contributed by atoms with Crippen molar-refractivity contribution in [3.63, 3.8) is 0 Å². The average molecular weight is 543 g/mol. The SMILES string of the molecule is COCCOCCOCCC(=O)N(C(=O)OCC1c2ccccc2-c2ccccc21)[C@@H](CCCCN)C(=O)O. The first kappa shape index (κ1) is 30.2. The quantitative estimate of drug-likeness (QED) is 0.288. The van der Waals surface area contributed by atoms with Gasteiger partial charge in [-0.15, -0.1) is 0 Å². The Labute approximate surface area is 229 Å². The molecule has 1 aliphatic rings. The number of nitrogens with zero attached hydrogens (tertiary/aromatic N) is 1. The molecular weight excluding hydrogens is 504 g/mol. The Morgan fingerprint density at radius 3 is 2.08 bits per heavy atom. The number of hydrogen-bond donors (Lipinski definition) is 2. The number of hydrogen-bond acceptors (Lipinski definition) is 8. The number of ether oxygens (including phenoxy) is 4. The van der Waals surface area contributed by atoms with Gasteiger partial charge in [-0.25, -0.2) is 14.5 Å². The summed E-state index contributed by atoms with van der Waals surface area (Å²) in [5.41, 5.74) is 9.73. The largest absolute Gasteiger partial charge is 0.480 e. The van der Waals surface area contributed by atoms with Gasteiger partial charge in [-0.2, -0.15) is 0 Å². The van der Waals surface area contributed by atoms with Crippen molar-refractivity contribution in [1.82, 2.24) is 4.90 Å². The summed E-state index contributed by atoms with van der Waals surface area (Å²) in [7, 11) is 1.58. The van der Waals surface area contributed by atoms with Gasteiger partial charge in [0.25, 0.3) is 0 Å². The van der Waals surface area contributed by atoms with Crippen molar-refractivity contribution in [2.75, 3.05) is 53.3 Å². The van der Waals surface area contributed by atoms with Crippen molar-refractivity contribution in [3.05, 3.63) is 59.7 Å². The number of imide groups is 1. The predicted molar refractivity (Wildman–Crippen MR) is 144 cm³/mol. The standard InChI is InChI=1S/C29H38N2O8/c1-36-16-17-38-19-18-37-15-13-27(32)31(26(28(33)34)12-6-7-14-30)29(35)39-20-25-23-10-4-2-8-21(23)22-9-3-5-11-24(22)25/h2-5,8-11,25-26H,6-7,12-20,30H2,1H3,(H,33,34)/t26-/m0/s1. The number of carboxylic acids is 1. The van der Waals surface area contributed by atoms with E-state index < -0.39 is 24.0 Å². The number of methoxy groups -OCH3 is 1. The average Bonchev–Trinajstić information content (AvgIpc) is 3.26. The molecule has 2 amide bonds. The Kier molecular flexibility index (Phi) is 12.4. The first-order valence-corrected chi connectivity index (χ1v) is 13.2. The van der Waals surface area contributed by atoms with Crippen LogP contribution in [0.15, 0.2) is 48.5 Å². The van der Waals surface area contributed by atoms with E-state index in [1.807, 2.05) is 48.5 Å². The number of unbranched alkanes of at least 4 members (excludes halogenated alkanes) is 1. The molecule has 0 bridgehead atoms. The number of nitrogens with two attached hydrogens (primary N) is 1. The van der Waals surface area contributed by atoms with Crippen LogP contribution in [0.25, 0.3) is 11.1 Å². The van der Waals surface area contributed by atoms with Gasteiger partial charge in [-0.05, 0) is 48.1 Å².